The topological polar surface area (TPSA) is 38.1 Å². The molecule has 0 saturated carbocycles. The lowest BCUT2D eigenvalue weighted by Crippen LogP contribution is -2.31. The van der Waals surface area contributed by atoms with Crippen molar-refractivity contribution in [3.63, 3.8) is 0 Å². The number of nitrogens with zero attached hydrogens (tertiary/aromatic N) is 3. The molecule has 0 radical (unpaired) electrons. The van der Waals surface area contributed by atoms with E-state index in [1.807, 2.05) is 11.1 Å². The van der Waals surface area contributed by atoms with Gasteiger partial charge in [0, 0.05) is 24.8 Å². The summed E-state index contributed by atoms with van der Waals surface area (Å²) >= 11 is 0. The number of likely N-dealkylation sites (tertiary alicyclic amines) is 1. The van der Waals surface area contributed by atoms with Crippen LogP contribution in [0.1, 0.15) is 18.4 Å². The Balaban J connectivity index is 1.95. The lowest BCUT2D eigenvalue weighted by molar-refractivity contribution is -0.130. The molecule has 0 unspecified atom stereocenters. The van der Waals surface area contributed by atoms with Crippen molar-refractivity contribution < 1.29 is 4.79 Å². The summed E-state index contributed by atoms with van der Waals surface area (Å²) in [6.45, 7) is 5.79. The second kappa shape index (κ2) is 4.29. The molecule has 4 heteroatoms. The van der Waals surface area contributed by atoms with E-state index < -0.39 is 0 Å². The normalized spacial score (nSPS) is 15.6. The van der Waals surface area contributed by atoms with Gasteiger partial charge in [-0.25, -0.2) is 0 Å². The fourth-order valence-corrected chi connectivity index (χ4v) is 1.78. The standard InChI is InChI=1S/C11H15N3O/c1-2-10-7-12-14(8-10)9-11(15)13-5-3-4-6-13/h2,7-8H,1,3-6,9H2. The Morgan fingerprint density at radius 2 is 2.27 bits per heavy atom. The van der Waals surface area contributed by atoms with Gasteiger partial charge in [0.05, 0.1) is 6.20 Å². The average Bonchev–Trinajstić information content (AvgIpc) is 2.87. The molecule has 1 aromatic heterocycles. The van der Waals surface area contributed by atoms with Gasteiger partial charge in [-0.1, -0.05) is 12.7 Å². The first kappa shape index (κ1) is 9.96. The van der Waals surface area contributed by atoms with E-state index in [9.17, 15) is 4.79 Å². The highest BCUT2D eigenvalue weighted by Gasteiger charge is 2.17. The summed E-state index contributed by atoms with van der Waals surface area (Å²) in [5, 5.41) is 4.10. The quantitative estimate of drug-likeness (QED) is 0.742. The van der Waals surface area contributed by atoms with Gasteiger partial charge in [0.15, 0.2) is 0 Å². The van der Waals surface area contributed by atoms with E-state index in [0.29, 0.717) is 6.54 Å². The van der Waals surface area contributed by atoms with Crippen molar-refractivity contribution in [2.45, 2.75) is 19.4 Å². The Morgan fingerprint density at radius 3 is 2.87 bits per heavy atom. The first-order chi connectivity index (χ1) is 7.29. The van der Waals surface area contributed by atoms with Crippen LogP contribution in [-0.2, 0) is 11.3 Å². The molecule has 0 spiro atoms. The SMILES string of the molecule is C=Cc1cnn(CC(=O)N2CCCC2)c1. The summed E-state index contributed by atoms with van der Waals surface area (Å²) in [4.78, 5) is 13.6. The van der Waals surface area contributed by atoms with Crippen molar-refractivity contribution in [2.75, 3.05) is 13.1 Å². The van der Waals surface area contributed by atoms with Gasteiger partial charge in [-0.2, -0.15) is 5.10 Å². The third-order valence-corrected chi connectivity index (χ3v) is 2.64. The predicted molar refractivity (Wildman–Crippen MR) is 58.1 cm³/mol. The van der Waals surface area contributed by atoms with Crippen LogP contribution in [0.4, 0.5) is 0 Å². The van der Waals surface area contributed by atoms with Crippen molar-refractivity contribution in [3.8, 4) is 0 Å². The number of carbonyl (C=O) groups excluding carboxylic acids is 1. The van der Waals surface area contributed by atoms with E-state index in [2.05, 4.69) is 11.7 Å². The number of amides is 1. The summed E-state index contributed by atoms with van der Waals surface area (Å²) in [6, 6.07) is 0. The van der Waals surface area contributed by atoms with Crippen molar-refractivity contribution in [2.24, 2.45) is 0 Å². The van der Waals surface area contributed by atoms with Crippen LogP contribution in [0, 0.1) is 0 Å². The Bertz CT molecular complexity index is 364. The first-order valence-electron chi connectivity index (χ1n) is 5.22. The molecule has 0 aromatic carbocycles. The molecular weight excluding hydrogens is 190 g/mol. The van der Waals surface area contributed by atoms with Gasteiger partial charge >= 0.3 is 0 Å². The summed E-state index contributed by atoms with van der Waals surface area (Å²) in [5.41, 5.74) is 0.948. The van der Waals surface area contributed by atoms with E-state index >= 15 is 0 Å². The molecule has 1 saturated heterocycles. The van der Waals surface area contributed by atoms with Gasteiger partial charge in [0.25, 0.3) is 0 Å². The number of aromatic nitrogens is 2. The van der Waals surface area contributed by atoms with E-state index in [-0.39, 0.29) is 5.91 Å². The van der Waals surface area contributed by atoms with Crippen molar-refractivity contribution in [1.82, 2.24) is 14.7 Å². The highest BCUT2D eigenvalue weighted by atomic mass is 16.2. The van der Waals surface area contributed by atoms with Crippen LogP contribution in [0.2, 0.25) is 0 Å². The van der Waals surface area contributed by atoms with Gasteiger partial charge in [0.2, 0.25) is 5.91 Å². The number of carbonyl (C=O) groups is 1. The summed E-state index contributed by atoms with van der Waals surface area (Å²) in [5.74, 6) is 0.159. The second-order valence-electron chi connectivity index (χ2n) is 3.76. The molecule has 0 atom stereocenters. The second-order valence-corrected chi connectivity index (χ2v) is 3.76. The minimum atomic E-state index is 0.159. The van der Waals surface area contributed by atoms with E-state index in [4.69, 9.17) is 0 Å². The number of hydrogen-bond donors (Lipinski definition) is 0. The van der Waals surface area contributed by atoms with Crippen LogP contribution in [0.5, 0.6) is 0 Å². The van der Waals surface area contributed by atoms with Gasteiger partial charge in [-0.3, -0.25) is 9.48 Å². The third kappa shape index (κ3) is 2.26. The zero-order valence-corrected chi connectivity index (χ0v) is 8.72. The van der Waals surface area contributed by atoms with Crippen LogP contribution in [-0.4, -0.2) is 33.7 Å². The smallest absolute Gasteiger partial charge is 0.244 e. The van der Waals surface area contributed by atoms with Crippen LogP contribution in [0.25, 0.3) is 6.08 Å². The predicted octanol–water partition coefficient (Wildman–Crippen LogP) is 1.15. The minimum absolute atomic E-state index is 0.159. The maximum atomic E-state index is 11.8. The molecule has 2 rings (SSSR count). The zero-order valence-electron chi connectivity index (χ0n) is 8.72. The maximum Gasteiger partial charge on any atom is 0.244 e. The molecule has 15 heavy (non-hydrogen) atoms. The first-order valence-corrected chi connectivity index (χ1v) is 5.22. The fourth-order valence-electron chi connectivity index (χ4n) is 1.78. The molecule has 0 aliphatic carbocycles. The Labute approximate surface area is 89.2 Å². The van der Waals surface area contributed by atoms with Crippen molar-refractivity contribution in [3.05, 3.63) is 24.5 Å². The number of rotatable bonds is 3. The zero-order chi connectivity index (χ0) is 10.7. The van der Waals surface area contributed by atoms with E-state index in [0.717, 1.165) is 31.5 Å². The van der Waals surface area contributed by atoms with Crippen LogP contribution >= 0.6 is 0 Å². The van der Waals surface area contributed by atoms with Crippen LogP contribution in [0.3, 0.4) is 0 Å². The Kier molecular flexibility index (Phi) is 2.85. The molecule has 1 aromatic rings. The van der Waals surface area contributed by atoms with Crippen molar-refractivity contribution >= 4 is 12.0 Å². The molecule has 1 amide bonds. The van der Waals surface area contributed by atoms with Crippen LogP contribution < -0.4 is 0 Å². The molecule has 1 aliphatic heterocycles. The summed E-state index contributed by atoms with van der Waals surface area (Å²) in [7, 11) is 0. The van der Waals surface area contributed by atoms with Gasteiger partial charge < -0.3 is 4.90 Å². The summed E-state index contributed by atoms with van der Waals surface area (Å²) in [6.07, 6.45) is 7.53. The lowest BCUT2D eigenvalue weighted by atomic mass is 10.4. The van der Waals surface area contributed by atoms with Gasteiger partial charge in [0.1, 0.15) is 6.54 Å². The van der Waals surface area contributed by atoms with Crippen molar-refractivity contribution in [1.29, 1.82) is 0 Å². The minimum Gasteiger partial charge on any atom is -0.341 e. The fraction of sp³-hybridized carbons (Fsp3) is 0.455. The van der Waals surface area contributed by atoms with Crippen LogP contribution in [0.15, 0.2) is 19.0 Å². The molecule has 80 valence electrons. The molecule has 0 bridgehead atoms. The molecule has 2 heterocycles. The Morgan fingerprint density at radius 1 is 1.53 bits per heavy atom. The molecular formula is C11H15N3O. The molecule has 1 fully saturated rings. The number of hydrogen-bond acceptors (Lipinski definition) is 2. The van der Waals surface area contributed by atoms with Gasteiger partial charge in [-0.15, -0.1) is 0 Å². The van der Waals surface area contributed by atoms with E-state index in [1.54, 1.807) is 17.0 Å². The molecule has 1 aliphatic rings. The largest absolute Gasteiger partial charge is 0.341 e. The molecule has 0 N–H and O–H groups in total. The average molecular weight is 205 g/mol. The highest BCUT2D eigenvalue weighted by molar-refractivity contribution is 5.76. The Hall–Kier alpha value is -1.58. The summed E-state index contributed by atoms with van der Waals surface area (Å²) < 4.78 is 1.66. The lowest BCUT2D eigenvalue weighted by Gasteiger charge is -2.14. The molecule has 4 nitrogen and oxygen atoms in total. The monoisotopic (exact) mass is 205 g/mol. The maximum absolute atomic E-state index is 11.8. The third-order valence-electron chi connectivity index (χ3n) is 2.64. The highest BCUT2D eigenvalue weighted by Crippen LogP contribution is 2.08. The van der Waals surface area contributed by atoms with Gasteiger partial charge in [-0.05, 0) is 12.8 Å². The van der Waals surface area contributed by atoms with E-state index in [1.165, 1.54) is 0 Å².